The molecule has 0 unspecified atom stereocenters. The molecule has 1 fully saturated rings. The van der Waals surface area contributed by atoms with Crippen molar-refractivity contribution in [3.8, 4) is 0 Å². The van der Waals surface area contributed by atoms with Crippen molar-refractivity contribution in [1.29, 1.82) is 0 Å². The number of unbranched alkanes of at least 4 members (excludes halogenated alkanes) is 2. The van der Waals surface area contributed by atoms with Crippen molar-refractivity contribution in [3.05, 3.63) is 0 Å². The van der Waals surface area contributed by atoms with Crippen molar-refractivity contribution < 1.29 is 9.47 Å². The van der Waals surface area contributed by atoms with Crippen molar-refractivity contribution in [3.63, 3.8) is 0 Å². The molecule has 0 aromatic rings. The van der Waals surface area contributed by atoms with Gasteiger partial charge in [0.2, 0.25) is 0 Å². The molecule has 0 saturated carbocycles. The maximum Gasteiger partial charge on any atom is 0.171 e. The lowest BCUT2D eigenvalue weighted by Gasteiger charge is -2.58. The Morgan fingerprint density at radius 2 is 1.35 bits per heavy atom. The van der Waals surface area contributed by atoms with Gasteiger partial charge in [-0.2, -0.15) is 0 Å². The van der Waals surface area contributed by atoms with E-state index in [-0.39, 0.29) is 11.1 Å². The highest BCUT2D eigenvalue weighted by Crippen LogP contribution is 2.50. The molecule has 1 saturated heterocycles. The number of hydrogen-bond acceptors (Lipinski definition) is 4. The molecule has 0 amide bonds. The molecule has 1 aliphatic heterocycles. The molecule has 0 atom stereocenters. The second kappa shape index (κ2) is 9.07. The Labute approximate surface area is 150 Å². The van der Waals surface area contributed by atoms with Crippen LogP contribution in [0.5, 0.6) is 0 Å². The van der Waals surface area contributed by atoms with Crippen LogP contribution >= 0.6 is 12.8 Å². The Balaban J connectivity index is 3.04. The van der Waals surface area contributed by atoms with Gasteiger partial charge in [-0.15, -0.1) is 0 Å². The van der Waals surface area contributed by atoms with Gasteiger partial charge in [0.1, 0.15) is 0 Å². The number of piperidine rings is 1. The van der Waals surface area contributed by atoms with E-state index in [0.29, 0.717) is 0 Å². The summed E-state index contributed by atoms with van der Waals surface area (Å²) in [6.45, 7) is 15.0. The molecule has 0 aliphatic carbocycles. The lowest BCUT2D eigenvalue weighted by atomic mass is 9.74. The average Bonchev–Trinajstić information content (AvgIpc) is 2.51. The maximum atomic E-state index is 6.42. The molecular weight excluding hydrogens is 306 g/mol. The predicted octanol–water partition coefficient (Wildman–Crippen LogP) is 5.59. The maximum absolute atomic E-state index is 6.42. The van der Waals surface area contributed by atoms with Crippen molar-refractivity contribution in [2.45, 2.75) is 110 Å². The summed E-state index contributed by atoms with van der Waals surface area (Å²) < 4.78 is 15.1. The zero-order valence-corrected chi connectivity index (χ0v) is 17.2. The summed E-state index contributed by atoms with van der Waals surface area (Å²) in [6, 6.07) is 0. The normalized spacial score (nSPS) is 23.1. The lowest BCUT2D eigenvalue weighted by molar-refractivity contribution is -0.287. The van der Waals surface area contributed by atoms with Crippen LogP contribution < -0.4 is 0 Å². The highest BCUT2D eigenvalue weighted by Gasteiger charge is 2.55. The Morgan fingerprint density at radius 1 is 0.870 bits per heavy atom. The van der Waals surface area contributed by atoms with Crippen LogP contribution in [0.25, 0.3) is 0 Å². The molecule has 0 aromatic heterocycles. The highest BCUT2D eigenvalue weighted by molar-refractivity contribution is 7.77. The molecular formula is C19H39NO2S. The van der Waals surface area contributed by atoms with Crippen LogP contribution in [-0.4, -0.2) is 34.4 Å². The smallest absolute Gasteiger partial charge is 0.171 e. The van der Waals surface area contributed by atoms with E-state index in [0.717, 1.165) is 64.6 Å². The second-order valence-corrected chi connectivity index (χ2v) is 8.12. The van der Waals surface area contributed by atoms with E-state index >= 15 is 0 Å². The first-order valence-corrected chi connectivity index (χ1v) is 9.98. The van der Waals surface area contributed by atoms with Crippen LogP contribution in [0, 0.1) is 0 Å². The molecule has 23 heavy (non-hydrogen) atoms. The van der Waals surface area contributed by atoms with E-state index in [1.165, 1.54) is 0 Å². The zero-order chi connectivity index (χ0) is 17.6. The first kappa shape index (κ1) is 21.3. The van der Waals surface area contributed by atoms with Crippen LogP contribution in [0.15, 0.2) is 0 Å². The van der Waals surface area contributed by atoms with Crippen LogP contribution in [-0.2, 0) is 9.47 Å². The molecule has 0 spiro atoms. The number of rotatable bonds is 10. The third-order valence-electron chi connectivity index (χ3n) is 5.37. The number of nitrogens with zero attached hydrogens (tertiary/aromatic N) is 1. The van der Waals surface area contributed by atoms with Crippen LogP contribution in [0.1, 0.15) is 92.9 Å². The molecule has 0 aromatic carbocycles. The van der Waals surface area contributed by atoms with Gasteiger partial charge < -0.3 is 9.47 Å². The Hall–Kier alpha value is 0.230. The third kappa shape index (κ3) is 5.10. The van der Waals surface area contributed by atoms with Gasteiger partial charge in [-0.05, 0) is 39.5 Å². The fourth-order valence-electron chi connectivity index (χ4n) is 3.87. The van der Waals surface area contributed by atoms with E-state index in [9.17, 15) is 0 Å². The lowest BCUT2D eigenvalue weighted by Crippen LogP contribution is -2.65. The quantitative estimate of drug-likeness (QED) is 0.317. The van der Waals surface area contributed by atoms with Gasteiger partial charge in [0.25, 0.3) is 0 Å². The minimum atomic E-state index is -0.459. The Morgan fingerprint density at radius 3 is 1.74 bits per heavy atom. The molecule has 0 N–H and O–H groups in total. The third-order valence-corrected chi connectivity index (χ3v) is 6.33. The van der Waals surface area contributed by atoms with E-state index in [2.05, 4.69) is 45.8 Å². The molecule has 1 heterocycles. The van der Waals surface area contributed by atoms with Gasteiger partial charge >= 0.3 is 0 Å². The first-order valence-electron chi connectivity index (χ1n) is 9.58. The van der Waals surface area contributed by atoms with Gasteiger partial charge in [0.05, 0.1) is 13.2 Å². The zero-order valence-electron chi connectivity index (χ0n) is 16.3. The Kier molecular flexibility index (Phi) is 8.39. The van der Waals surface area contributed by atoms with E-state index < -0.39 is 5.79 Å². The standard InChI is InChI=1S/C19H39NO2S/c1-7-11-13-21-19(22-14-12-8-2)15-17(5,6)20(23)18(9-3,10-4)16-19/h23H,7-16H2,1-6H3. The molecule has 1 aliphatic rings. The number of thiol groups is 1. The average molecular weight is 346 g/mol. The summed E-state index contributed by atoms with van der Waals surface area (Å²) in [5.41, 5.74) is -0.0187. The Bertz CT molecular complexity index is 332. The van der Waals surface area contributed by atoms with Crippen molar-refractivity contribution in [2.24, 2.45) is 0 Å². The van der Waals surface area contributed by atoms with Gasteiger partial charge in [-0.1, -0.05) is 53.4 Å². The number of ether oxygens (including phenoxy) is 2. The number of hydrogen-bond donors (Lipinski definition) is 1. The summed E-state index contributed by atoms with van der Waals surface area (Å²) in [5.74, 6) is -0.459. The topological polar surface area (TPSA) is 21.7 Å². The van der Waals surface area contributed by atoms with Crippen LogP contribution in [0.2, 0.25) is 0 Å². The minimum absolute atomic E-state index is 0.0310. The molecule has 4 heteroatoms. The van der Waals surface area contributed by atoms with Crippen molar-refractivity contribution in [1.82, 2.24) is 4.31 Å². The minimum Gasteiger partial charge on any atom is -0.350 e. The summed E-state index contributed by atoms with van der Waals surface area (Å²) in [6.07, 6.45) is 8.40. The first-order chi connectivity index (χ1) is 10.8. The summed E-state index contributed by atoms with van der Waals surface area (Å²) in [4.78, 5) is 0. The van der Waals surface area contributed by atoms with E-state index in [1.807, 2.05) is 0 Å². The van der Waals surface area contributed by atoms with E-state index in [4.69, 9.17) is 22.3 Å². The molecule has 0 bridgehead atoms. The highest BCUT2D eigenvalue weighted by atomic mass is 32.1. The second-order valence-electron chi connectivity index (χ2n) is 7.72. The molecule has 1 rings (SSSR count). The monoisotopic (exact) mass is 345 g/mol. The summed E-state index contributed by atoms with van der Waals surface area (Å²) in [7, 11) is 0. The van der Waals surface area contributed by atoms with Crippen LogP contribution in [0.3, 0.4) is 0 Å². The van der Waals surface area contributed by atoms with Gasteiger partial charge in [-0.25, -0.2) is 4.31 Å². The fourth-order valence-corrected chi connectivity index (χ4v) is 4.29. The van der Waals surface area contributed by atoms with Crippen LogP contribution in [0.4, 0.5) is 0 Å². The van der Waals surface area contributed by atoms with Crippen molar-refractivity contribution in [2.75, 3.05) is 13.2 Å². The summed E-state index contributed by atoms with van der Waals surface area (Å²) in [5, 5.41) is 0. The van der Waals surface area contributed by atoms with Crippen molar-refractivity contribution >= 4 is 12.8 Å². The van der Waals surface area contributed by atoms with Gasteiger partial charge in [0, 0.05) is 23.9 Å². The molecule has 138 valence electrons. The fraction of sp³-hybridized carbons (Fsp3) is 1.00. The SMILES string of the molecule is CCCCOC1(OCCCC)CC(C)(C)N(S)C(CC)(CC)C1. The molecule has 0 radical (unpaired) electrons. The predicted molar refractivity (Wildman–Crippen MR) is 102 cm³/mol. The van der Waals surface area contributed by atoms with Gasteiger partial charge in [-0.3, -0.25) is 0 Å². The molecule has 3 nitrogen and oxygen atoms in total. The summed E-state index contributed by atoms with van der Waals surface area (Å²) >= 11 is 4.90. The van der Waals surface area contributed by atoms with Gasteiger partial charge in [0.15, 0.2) is 5.79 Å². The van der Waals surface area contributed by atoms with E-state index in [1.54, 1.807) is 0 Å². The largest absolute Gasteiger partial charge is 0.350 e.